The Bertz CT molecular complexity index is 1060. The molecule has 0 radical (unpaired) electrons. The Labute approximate surface area is 150 Å². The Balaban J connectivity index is 0.00000196. The summed E-state index contributed by atoms with van der Waals surface area (Å²) in [4.78, 5) is 8.13. The van der Waals surface area contributed by atoms with E-state index in [1.165, 1.54) is 10.9 Å². The first-order valence-electron chi connectivity index (χ1n) is 7.10. The van der Waals surface area contributed by atoms with Crippen LogP contribution < -0.4 is 5.73 Å². The largest absolute Gasteiger partial charge is 0.508 e. The lowest BCUT2D eigenvalue weighted by atomic mass is 10.2. The van der Waals surface area contributed by atoms with Gasteiger partial charge in [-0.25, -0.2) is 18.4 Å². The van der Waals surface area contributed by atoms with Crippen molar-refractivity contribution in [2.45, 2.75) is 6.54 Å². The molecule has 0 fully saturated rings. The minimum Gasteiger partial charge on any atom is -0.508 e. The lowest BCUT2D eigenvalue weighted by molar-refractivity contribution is 0.454. The number of furan rings is 1. The molecule has 0 atom stereocenters. The lowest BCUT2D eigenvalue weighted by Crippen LogP contribution is -2.08. The molecule has 0 spiro atoms. The maximum absolute atomic E-state index is 14.0. The maximum atomic E-state index is 14.0. The van der Waals surface area contributed by atoms with Gasteiger partial charge in [0.05, 0.1) is 12.8 Å². The summed E-state index contributed by atoms with van der Waals surface area (Å²) in [6.07, 6.45) is 1.46. The van der Waals surface area contributed by atoms with Crippen molar-refractivity contribution in [2.24, 2.45) is 0 Å². The second-order valence-electron chi connectivity index (χ2n) is 5.21. The van der Waals surface area contributed by atoms with Gasteiger partial charge in [0, 0.05) is 17.7 Å². The second-order valence-corrected chi connectivity index (χ2v) is 5.21. The number of fused-ring (bicyclic) bond motifs is 1. The smallest absolute Gasteiger partial charge is 0.222 e. The van der Waals surface area contributed by atoms with E-state index in [2.05, 4.69) is 20.3 Å². The summed E-state index contributed by atoms with van der Waals surface area (Å²) in [6, 6.07) is 4.97. The van der Waals surface area contributed by atoms with Crippen molar-refractivity contribution in [1.29, 1.82) is 0 Å². The van der Waals surface area contributed by atoms with Gasteiger partial charge in [0.25, 0.3) is 0 Å². The van der Waals surface area contributed by atoms with E-state index < -0.39 is 17.4 Å². The van der Waals surface area contributed by atoms with Crippen molar-refractivity contribution < 1.29 is 18.3 Å². The average Bonchev–Trinajstić information content (AvgIpc) is 3.20. The van der Waals surface area contributed by atoms with Crippen molar-refractivity contribution in [2.75, 3.05) is 5.73 Å². The van der Waals surface area contributed by atoms with Crippen molar-refractivity contribution in [3.63, 3.8) is 0 Å². The van der Waals surface area contributed by atoms with Crippen LogP contribution in [0.15, 0.2) is 34.9 Å². The van der Waals surface area contributed by atoms with Crippen LogP contribution in [0.3, 0.4) is 0 Å². The number of rotatable bonds is 3. The second kappa shape index (κ2) is 6.56. The summed E-state index contributed by atoms with van der Waals surface area (Å²) in [5.41, 5.74) is 6.23. The Morgan fingerprint density at radius 1 is 1.19 bits per heavy atom. The third-order valence-corrected chi connectivity index (χ3v) is 3.57. The number of phenols is 1. The Hall–Kier alpha value is -3.27. The topological polar surface area (TPSA) is 116 Å². The Kier molecular flexibility index (Phi) is 4.43. The number of halogens is 3. The van der Waals surface area contributed by atoms with Crippen LogP contribution >= 0.6 is 12.4 Å². The number of nitrogen functional groups attached to an aromatic ring is 1. The van der Waals surface area contributed by atoms with E-state index in [-0.39, 0.29) is 41.6 Å². The molecule has 0 aliphatic heterocycles. The van der Waals surface area contributed by atoms with Crippen LogP contribution in [0.4, 0.5) is 14.7 Å². The third-order valence-electron chi connectivity index (χ3n) is 3.57. The zero-order chi connectivity index (χ0) is 17.6. The molecule has 3 heterocycles. The number of hydrogen-bond donors (Lipinski definition) is 2. The van der Waals surface area contributed by atoms with E-state index in [0.717, 1.165) is 12.1 Å². The molecule has 3 N–H and O–H groups in total. The van der Waals surface area contributed by atoms with Crippen molar-refractivity contribution in [1.82, 2.24) is 25.0 Å². The first-order valence-corrected chi connectivity index (χ1v) is 7.10. The molecule has 4 aromatic rings. The van der Waals surface area contributed by atoms with E-state index in [4.69, 9.17) is 10.2 Å². The summed E-state index contributed by atoms with van der Waals surface area (Å²) >= 11 is 0. The minimum absolute atomic E-state index is 0. The standard InChI is InChI=1S/C15H10F2N6O2.ClH/c16-9-4-7(24)5-10(17)8(9)6-23-14-13(21-22-23)12(19-15(18)20-14)11-2-1-3-25-11;/h1-5,24H,6H2,(H2,18,19,20);1H. The fraction of sp³-hybridized carbons (Fsp3) is 0.0667. The number of hydrogen-bond acceptors (Lipinski definition) is 7. The normalized spacial score (nSPS) is 10.8. The van der Waals surface area contributed by atoms with Crippen molar-refractivity contribution in [3.8, 4) is 17.2 Å². The molecule has 3 aromatic heterocycles. The van der Waals surface area contributed by atoms with E-state index >= 15 is 0 Å². The van der Waals surface area contributed by atoms with Crippen LogP contribution in [0, 0.1) is 11.6 Å². The number of anilines is 1. The molecular formula is C15H11ClF2N6O2. The fourth-order valence-corrected chi connectivity index (χ4v) is 2.46. The van der Waals surface area contributed by atoms with E-state index in [1.807, 2.05) is 0 Å². The van der Waals surface area contributed by atoms with Gasteiger partial charge in [0.1, 0.15) is 23.1 Å². The van der Waals surface area contributed by atoms with Crippen LogP contribution in [0.2, 0.25) is 0 Å². The highest BCUT2D eigenvalue weighted by atomic mass is 35.5. The lowest BCUT2D eigenvalue weighted by Gasteiger charge is -2.06. The van der Waals surface area contributed by atoms with Gasteiger partial charge in [-0.2, -0.15) is 4.98 Å². The fourth-order valence-electron chi connectivity index (χ4n) is 2.46. The summed E-state index contributed by atoms with van der Waals surface area (Å²) in [6.45, 7) is -0.289. The van der Waals surface area contributed by atoms with E-state index in [9.17, 15) is 13.9 Å². The minimum atomic E-state index is -0.908. The van der Waals surface area contributed by atoms with Crippen LogP contribution in [0.25, 0.3) is 22.6 Å². The predicted octanol–water partition coefficient (Wildman–Crippen LogP) is 2.52. The number of phenolic OH excluding ortho intramolecular Hbond substituents is 1. The number of benzene rings is 1. The zero-order valence-corrected chi connectivity index (χ0v) is 13.7. The average molecular weight is 381 g/mol. The van der Waals surface area contributed by atoms with E-state index in [0.29, 0.717) is 11.5 Å². The van der Waals surface area contributed by atoms with Crippen molar-refractivity contribution >= 4 is 29.5 Å². The summed E-state index contributed by atoms with van der Waals surface area (Å²) < 4.78 is 34.4. The van der Waals surface area contributed by atoms with Crippen LogP contribution in [-0.2, 0) is 6.54 Å². The number of nitrogens with zero attached hydrogens (tertiary/aromatic N) is 5. The van der Waals surface area contributed by atoms with Gasteiger partial charge >= 0.3 is 0 Å². The quantitative estimate of drug-likeness (QED) is 0.561. The first-order chi connectivity index (χ1) is 12.0. The highest BCUT2D eigenvalue weighted by Crippen LogP contribution is 2.26. The SMILES string of the molecule is Cl.Nc1nc(-c2ccco2)c2nnn(Cc3c(F)cc(O)cc3F)c2n1. The zero-order valence-electron chi connectivity index (χ0n) is 12.9. The third kappa shape index (κ3) is 2.90. The van der Waals surface area contributed by atoms with Gasteiger partial charge in [0.2, 0.25) is 5.95 Å². The highest BCUT2D eigenvalue weighted by Gasteiger charge is 2.19. The highest BCUT2D eigenvalue weighted by molar-refractivity contribution is 5.86. The molecule has 26 heavy (non-hydrogen) atoms. The number of aromatic hydroxyl groups is 1. The predicted molar refractivity (Wildman–Crippen MR) is 89.6 cm³/mol. The number of aromatic nitrogens is 5. The summed E-state index contributed by atoms with van der Waals surface area (Å²) in [7, 11) is 0. The molecule has 1 aromatic carbocycles. The molecule has 8 nitrogen and oxygen atoms in total. The summed E-state index contributed by atoms with van der Waals surface area (Å²) in [5, 5.41) is 17.1. The van der Waals surface area contributed by atoms with Crippen LogP contribution in [0.1, 0.15) is 5.56 Å². The van der Waals surface area contributed by atoms with Gasteiger partial charge in [-0.1, -0.05) is 5.21 Å². The Morgan fingerprint density at radius 2 is 1.92 bits per heavy atom. The van der Waals surface area contributed by atoms with Crippen molar-refractivity contribution in [3.05, 3.63) is 47.7 Å². The van der Waals surface area contributed by atoms with Crippen LogP contribution in [0.5, 0.6) is 5.75 Å². The molecule has 0 saturated carbocycles. The molecule has 4 rings (SSSR count). The molecule has 11 heteroatoms. The Morgan fingerprint density at radius 3 is 2.58 bits per heavy atom. The van der Waals surface area contributed by atoms with Gasteiger partial charge in [-0.3, -0.25) is 0 Å². The molecule has 0 unspecified atom stereocenters. The summed E-state index contributed by atoms with van der Waals surface area (Å²) in [5.74, 6) is -1.97. The van der Waals surface area contributed by atoms with E-state index in [1.54, 1.807) is 12.1 Å². The van der Waals surface area contributed by atoms with Crippen LogP contribution in [-0.4, -0.2) is 30.1 Å². The molecule has 0 saturated heterocycles. The molecule has 0 bridgehead atoms. The van der Waals surface area contributed by atoms with Gasteiger partial charge in [0.15, 0.2) is 16.9 Å². The van der Waals surface area contributed by atoms with Gasteiger partial charge in [-0.15, -0.1) is 17.5 Å². The first kappa shape index (κ1) is 17.5. The van der Waals surface area contributed by atoms with Gasteiger partial charge < -0.3 is 15.3 Å². The number of nitrogens with two attached hydrogens (primary N) is 1. The maximum Gasteiger partial charge on any atom is 0.222 e. The van der Waals surface area contributed by atoms with Gasteiger partial charge in [-0.05, 0) is 12.1 Å². The monoisotopic (exact) mass is 380 g/mol. The molecule has 0 aliphatic rings. The molecule has 0 amide bonds. The molecular weight excluding hydrogens is 370 g/mol. The molecule has 134 valence electrons. The molecule has 0 aliphatic carbocycles.